The average molecular weight is 370 g/mol. The quantitative estimate of drug-likeness (QED) is 0.794. The van der Waals surface area contributed by atoms with Crippen LogP contribution in [0.25, 0.3) is 0 Å². The molecule has 2 aromatic carbocycles. The van der Waals surface area contributed by atoms with E-state index < -0.39 is 5.41 Å². The number of halogens is 1. The highest BCUT2D eigenvalue weighted by Crippen LogP contribution is 2.43. The summed E-state index contributed by atoms with van der Waals surface area (Å²) in [6, 6.07) is 14.0. The second-order valence-electron chi connectivity index (χ2n) is 7.40. The number of carbonyl (C=O) groups excluding carboxylic acids is 1. The Hall–Kier alpha value is -2.40. The van der Waals surface area contributed by atoms with Crippen LogP contribution < -0.4 is 10.1 Å². The zero-order valence-electron chi connectivity index (χ0n) is 16.0. The van der Waals surface area contributed by atoms with Gasteiger partial charge in [0.2, 0.25) is 5.91 Å². The highest BCUT2D eigenvalue weighted by atomic mass is 19.1. The number of rotatable bonds is 7. The van der Waals surface area contributed by atoms with Gasteiger partial charge in [0.1, 0.15) is 18.2 Å². The molecule has 27 heavy (non-hydrogen) atoms. The minimum atomic E-state index is -0.785. The molecule has 0 radical (unpaired) electrons. The summed E-state index contributed by atoms with van der Waals surface area (Å²) in [5, 5.41) is 2.98. The normalized spacial score (nSPS) is 15.7. The van der Waals surface area contributed by atoms with E-state index in [-0.39, 0.29) is 11.7 Å². The van der Waals surface area contributed by atoms with Gasteiger partial charge in [0.05, 0.1) is 5.41 Å². The smallest absolute Gasteiger partial charge is 0.235 e. The molecule has 3 rings (SSSR count). The third-order valence-electron chi connectivity index (χ3n) is 5.20. The van der Waals surface area contributed by atoms with Crippen molar-refractivity contribution in [2.45, 2.75) is 31.1 Å². The van der Waals surface area contributed by atoms with Crippen molar-refractivity contribution in [2.75, 3.05) is 32.6 Å². The average Bonchev–Trinajstić information content (AvgIpc) is 3.14. The van der Waals surface area contributed by atoms with Gasteiger partial charge in [-0.25, -0.2) is 4.39 Å². The summed E-state index contributed by atoms with van der Waals surface area (Å²) in [6.07, 6.45) is 3.21. The third kappa shape index (κ3) is 4.48. The highest BCUT2D eigenvalue weighted by Gasteiger charge is 2.44. The maximum Gasteiger partial charge on any atom is 0.235 e. The summed E-state index contributed by atoms with van der Waals surface area (Å²) in [7, 11) is 3.99. The molecule has 1 aliphatic carbocycles. The van der Waals surface area contributed by atoms with Crippen LogP contribution in [0.4, 0.5) is 10.1 Å². The molecule has 1 saturated carbocycles. The van der Waals surface area contributed by atoms with Gasteiger partial charge in [0.25, 0.3) is 0 Å². The summed E-state index contributed by atoms with van der Waals surface area (Å²) in [5.74, 6) is 0.324. The number of nitrogens with one attached hydrogen (secondary N) is 1. The van der Waals surface area contributed by atoms with Crippen LogP contribution in [0.2, 0.25) is 0 Å². The van der Waals surface area contributed by atoms with Crippen LogP contribution in [0.5, 0.6) is 5.75 Å². The van der Waals surface area contributed by atoms with Crippen molar-refractivity contribution in [3.05, 3.63) is 59.9 Å². The Morgan fingerprint density at radius 1 is 1.11 bits per heavy atom. The van der Waals surface area contributed by atoms with Crippen LogP contribution in [0.15, 0.2) is 48.5 Å². The van der Waals surface area contributed by atoms with Crippen molar-refractivity contribution in [2.24, 2.45) is 0 Å². The molecule has 144 valence electrons. The van der Waals surface area contributed by atoms with Gasteiger partial charge in [-0.15, -0.1) is 0 Å². The van der Waals surface area contributed by atoms with Gasteiger partial charge < -0.3 is 15.0 Å². The largest absolute Gasteiger partial charge is 0.492 e. The first kappa shape index (κ1) is 19.4. The van der Waals surface area contributed by atoms with Crippen molar-refractivity contribution < 1.29 is 13.9 Å². The Kier molecular flexibility index (Phi) is 6.11. The number of ether oxygens (including phenoxy) is 1. The molecular formula is C22H27FN2O2. The van der Waals surface area contributed by atoms with E-state index >= 15 is 0 Å². The van der Waals surface area contributed by atoms with Gasteiger partial charge >= 0.3 is 0 Å². The zero-order chi connectivity index (χ0) is 19.3. The fraction of sp³-hybridized carbons (Fsp3) is 0.409. The number of amides is 1. The summed E-state index contributed by atoms with van der Waals surface area (Å²) in [5.41, 5.74) is 0.415. The molecule has 0 aromatic heterocycles. The Morgan fingerprint density at radius 3 is 2.41 bits per heavy atom. The van der Waals surface area contributed by atoms with Crippen molar-refractivity contribution in [3.8, 4) is 5.75 Å². The van der Waals surface area contributed by atoms with Crippen LogP contribution in [0.1, 0.15) is 31.2 Å². The molecule has 0 heterocycles. The van der Waals surface area contributed by atoms with Crippen molar-refractivity contribution in [3.63, 3.8) is 0 Å². The summed E-state index contributed by atoms with van der Waals surface area (Å²) in [6.45, 7) is 1.44. The SMILES string of the molecule is CN(C)CCOc1ccc(NC(=O)C2(c3ccccc3F)CCCC2)cc1. The fourth-order valence-electron chi connectivity index (χ4n) is 3.68. The topological polar surface area (TPSA) is 41.6 Å². The Labute approximate surface area is 160 Å². The molecule has 5 heteroatoms. The van der Waals surface area contributed by atoms with Crippen molar-refractivity contribution >= 4 is 11.6 Å². The van der Waals surface area contributed by atoms with Gasteiger partial charge in [-0.1, -0.05) is 31.0 Å². The lowest BCUT2D eigenvalue weighted by molar-refractivity contribution is -0.121. The standard InChI is InChI=1S/C22H27FN2O2/c1-25(2)15-16-27-18-11-9-17(10-12-18)24-21(26)22(13-5-6-14-22)19-7-3-4-8-20(19)23/h3-4,7-12H,5-6,13-16H2,1-2H3,(H,24,26). The van der Waals surface area contributed by atoms with Gasteiger partial charge in [-0.05, 0) is 57.3 Å². The predicted octanol–water partition coefficient (Wildman–Crippen LogP) is 4.22. The number of nitrogens with zero attached hydrogens (tertiary/aromatic N) is 1. The van der Waals surface area contributed by atoms with E-state index in [1.807, 2.05) is 38.4 Å². The molecule has 1 fully saturated rings. The van der Waals surface area contributed by atoms with Gasteiger partial charge in [-0.3, -0.25) is 4.79 Å². The molecule has 0 aliphatic heterocycles. The summed E-state index contributed by atoms with van der Waals surface area (Å²) in [4.78, 5) is 15.2. The van der Waals surface area contributed by atoms with Gasteiger partial charge in [0, 0.05) is 17.8 Å². The Balaban J connectivity index is 1.71. The first-order valence-electron chi connectivity index (χ1n) is 9.45. The van der Waals surface area contributed by atoms with E-state index in [0.29, 0.717) is 30.7 Å². The highest BCUT2D eigenvalue weighted by molar-refractivity contribution is 5.99. The number of carbonyl (C=O) groups is 1. The lowest BCUT2D eigenvalue weighted by atomic mass is 9.77. The van der Waals surface area contributed by atoms with Crippen LogP contribution in [0.3, 0.4) is 0 Å². The molecule has 0 saturated heterocycles. The number of anilines is 1. The number of benzene rings is 2. The second kappa shape index (κ2) is 8.53. The van der Waals surface area contributed by atoms with Gasteiger partial charge in [-0.2, -0.15) is 0 Å². The molecule has 0 atom stereocenters. The maximum atomic E-state index is 14.4. The molecule has 0 unspecified atom stereocenters. The van der Waals surface area contributed by atoms with E-state index in [1.165, 1.54) is 6.07 Å². The Morgan fingerprint density at radius 2 is 1.78 bits per heavy atom. The molecule has 1 aliphatic rings. The lowest BCUT2D eigenvalue weighted by Gasteiger charge is -2.28. The first-order valence-corrected chi connectivity index (χ1v) is 9.45. The summed E-state index contributed by atoms with van der Waals surface area (Å²) < 4.78 is 20.1. The number of hydrogen-bond donors (Lipinski definition) is 1. The molecule has 1 amide bonds. The van der Waals surface area contributed by atoms with E-state index in [4.69, 9.17) is 4.74 Å². The minimum absolute atomic E-state index is 0.133. The van der Waals surface area contributed by atoms with E-state index in [9.17, 15) is 9.18 Å². The first-order chi connectivity index (χ1) is 13.0. The maximum absolute atomic E-state index is 14.4. The van der Waals surface area contributed by atoms with E-state index in [0.717, 1.165) is 25.1 Å². The molecule has 0 bridgehead atoms. The molecule has 4 nitrogen and oxygen atoms in total. The van der Waals surface area contributed by atoms with Gasteiger partial charge in [0.15, 0.2) is 0 Å². The van der Waals surface area contributed by atoms with Crippen LogP contribution >= 0.6 is 0 Å². The second-order valence-corrected chi connectivity index (χ2v) is 7.40. The molecule has 1 N–H and O–H groups in total. The summed E-state index contributed by atoms with van der Waals surface area (Å²) >= 11 is 0. The fourth-order valence-corrected chi connectivity index (χ4v) is 3.68. The molecule has 2 aromatic rings. The van der Waals surface area contributed by atoms with Crippen molar-refractivity contribution in [1.82, 2.24) is 4.90 Å². The van der Waals surface area contributed by atoms with Crippen LogP contribution in [-0.2, 0) is 10.2 Å². The predicted molar refractivity (Wildman–Crippen MR) is 106 cm³/mol. The Bertz CT molecular complexity index is 768. The zero-order valence-corrected chi connectivity index (χ0v) is 16.0. The molecule has 0 spiro atoms. The molecular weight excluding hydrogens is 343 g/mol. The number of likely N-dealkylation sites (N-methyl/N-ethyl adjacent to an activating group) is 1. The minimum Gasteiger partial charge on any atom is -0.492 e. The van der Waals surface area contributed by atoms with E-state index in [2.05, 4.69) is 10.2 Å². The monoisotopic (exact) mass is 370 g/mol. The van der Waals surface area contributed by atoms with Crippen LogP contribution in [-0.4, -0.2) is 38.1 Å². The van der Waals surface area contributed by atoms with Crippen molar-refractivity contribution in [1.29, 1.82) is 0 Å². The van der Waals surface area contributed by atoms with E-state index in [1.54, 1.807) is 18.2 Å². The van der Waals surface area contributed by atoms with Crippen LogP contribution in [0, 0.1) is 5.82 Å². The third-order valence-corrected chi connectivity index (χ3v) is 5.20. The lowest BCUT2D eigenvalue weighted by Crippen LogP contribution is -2.38. The number of hydrogen-bond acceptors (Lipinski definition) is 3.